The molecule has 19 heavy (non-hydrogen) atoms. The van der Waals surface area contributed by atoms with Gasteiger partial charge in [-0.2, -0.15) is 0 Å². The third-order valence-electron chi connectivity index (χ3n) is 3.20. The Morgan fingerprint density at radius 1 is 1.42 bits per heavy atom. The van der Waals surface area contributed by atoms with E-state index in [2.05, 4.69) is 17.6 Å². The Morgan fingerprint density at radius 3 is 2.79 bits per heavy atom. The monoisotopic (exact) mass is 284 g/mol. The number of thiocarbonyl (C=S) groups is 1. The molecule has 0 aromatic rings. The number of rotatable bonds is 7. The number of hydrogen-bond donors (Lipinski definition) is 2. The van der Waals surface area contributed by atoms with Crippen LogP contribution >= 0.6 is 12.2 Å². The van der Waals surface area contributed by atoms with Crippen molar-refractivity contribution in [3.8, 4) is 0 Å². The minimum atomic E-state index is -0.247. The van der Waals surface area contributed by atoms with Crippen molar-refractivity contribution in [3.05, 3.63) is 11.3 Å². The quantitative estimate of drug-likeness (QED) is 0.427. The highest BCUT2D eigenvalue weighted by molar-refractivity contribution is 7.80. The Morgan fingerprint density at radius 2 is 2.16 bits per heavy atom. The molecule has 0 saturated heterocycles. The van der Waals surface area contributed by atoms with Crippen LogP contribution in [0.5, 0.6) is 0 Å². The van der Waals surface area contributed by atoms with Crippen molar-refractivity contribution in [2.75, 3.05) is 6.54 Å². The van der Waals surface area contributed by atoms with Gasteiger partial charge in [0.25, 0.3) is 0 Å². The van der Waals surface area contributed by atoms with Crippen LogP contribution in [0.4, 0.5) is 0 Å². The molecule has 1 atom stereocenters. The fourth-order valence-corrected chi connectivity index (χ4v) is 2.21. The molecule has 0 aliphatic carbocycles. The van der Waals surface area contributed by atoms with Gasteiger partial charge in [-0.05, 0) is 38.9 Å². The van der Waals surface area contributed by atoms with Crippen molar-refractivity contribution in [2.24, 2.45) is 0 Å². The topological polar surface area (TPSA) is 50.4 Å². The van der Waals surface area contributed by atoms with Gasteiger partial charge in [-0.3, -0.25) is 0 Å². The molecule has 5 heteroatoms. The highest BCUT2D eigenvalue weighted by Crippen LogP contribution is 2.12. The molecule has 0 radical (unpaired) electrons. The van der Waals surface area contributed by atoms with Crippen molar-refractivity contribution in [2.45, 2.75) is 59.0 Å². The van der Waals surface area contributed by atoms with Gasteiger partial charge in [0.15, 0.2) is 5.11 Å². The summed E-state index contributed by atoms with van der Waals surface area (Å²) in [5.41, 5.74) is 1.42. The zero-order valence-corrected chi connectivity index (χ0v) is 12.9. The zero-order chi connectivity index (χ0) is 14.3. The Bertz CT molecular complexity index is 366. The standard InChI is InChI=1S/C14H24N2O2S/c1-4-5-6-7-8-10(2)18-13(17)12-9-15-14(19)16-11(12)3/h10H,4-9H2,1-3H3,(H2,15,16,19). The number of allylic oxidation sites excluding steroid dienone is 1. The fraction of sp³-hybridized carbons (Fsp3) is 0.714. The van der Waals surface area contributed by atoms with Crippen LogP contribution < -0.4 is 10.6 Å². The molecular formula is C14H24N2O2S. The van der Waals surface area contributed by atoms with Crippen molar-refractivity contribution in [1.82, 2.24) is 10.6 Å². The first kappa shape index (κ1) is 16.0. The van der Waals surface area contributed by atoms with E-state index >= 15 is 0 Å². The maximum absolute atomic E-state index is 12.0. The number of carbonyl (C=O) groups is 1. The summed E-state index contributed by atoms with van der Waals surface area (Å²) in [4.78, 5) is 12.0. The first-order valence-corrected chi connectivity index (χ1v) is 7.41. The van der Waals surface area contributed by atoms with Gasteiger partial charge in [0.1, 0.15) is 0 Å². The van der Waals surface area contributed by atoms with E-state index in [0.29, 0.717) is 17.2 Å². The van der Waals surface area contributed by atoms with E-state index in [-0.39, 0.29) is 12.1 Å². The number of carbonyl (C=O) groups excluding carboxylic acids is 1. The number of hydrogen-bond acceptors (Lipinski definition) is 3. The largest absolute Gasteiger partial charge is 0.459 e. The minimum absolute atomic E-state index is 0.0291. The lowest BCUT2D eigenvalue weighted by molar-refractivity contribution is -0.143. The molecule has 1 aliphatic heterocycles. The molecule has 0 saturated carbocycles. The molecule has 1 aliphatic rings. The van der Waals surface area contributed by atoms with Crippen LogP contribution in [0.25, 0.3) is 0 Å². The minimum Gasteiger partial charge on any atom is -0.459 e. The van der Waals surface area contributed by atoms with Crippen molar-refractivity contribution in [3.63, 3.8) is 0 Å². The Balaban J connectivity index is 2.37. The summed E-state index contributed by atoms with van der Waals surface area (Å²) in [6.07, 6.45) is 5.68. The predicted octanol–water partition coefficient (Wildman–Crippen LogP) is 2.64. The molecule has 0 amide bonds. The van der Waals surface area contributed by atoms with Crippen molar-refractivity contribution < 1.29 is 9.53 Å². The lowest BCUT2D eigenvalue weighted by atomic mass is 10.1. The van der Waals surface area contributed by atoms with Gasteiger partial charge < -0.3 is 15.4 Å². The molecule has 0 fully saturated rings. The summed E-state index contributed by atoms with van der Waals surface area (Å²) in [5.74, 6) is -0.247. The number of ether oxygens (including phenoxy) is 1. The molecule has 1 heterocycles. The second-order valence-corrected chi connectivity index (χ2v) is 5.38. The van der Waals surface area contributed by atoms with E-state index in [4.69, 9.17) is 17.0 Å². The van der Waals surface area contributed by atoms with Crippen LogP contribution in [0.3, 0.4) is 0 Å². The van der Waals surface area contributed by atoms with E-state index < -0.39 is 0 Å². The van der Waals surface area contributed by atoms with E-state index in [1.54, 1.807) is 0 Å². The molecular weight excluding hydrogens is 260 g/mol. The zero-order valence-electron chi connectivity index (χ0n) is 12.0. The number of esters is 1. The van der Waals surface area contributed by atoms with Crippen molar-refractivity contribution in [1.29, 1.82) is 0 Å². The van der Waals surface area contributed by atoms with Gasteiger partial charge in [-0.15, -0.1) is 0 Å². The molecule has 0 aromatic heterocycles. The molecule has 1 rings (SSSR count). The summed E-state index contributed by atoms with van der Waals surface area (Å²) >= 11 is 4.98. The van der Waals surface area contributed by atoms with E-state index in [1.165, 1.54) is 19.3 Å². The smallest absolute Gasteiger partial charge is 0.337 e. The summed E-state index contributed by atoms with van der Waals surface area (Å²) in [6.45, 7) is 6.43. The SMILES string of the molecule is CCCCCCC(C)OC(=O)C1=C(C)NC(=S)NC1. The van der Waals surface area contributed by atoms with Crippen molar-refractivity contribution >= 4 is 23.3 Å². The van der Waals surface area contributed by atoms with Gasteiger partial charge >= 0.3 is 5.97 Å². The summed E-state index contributed by atoms with van der Waals surface area (Å²) in [6, 6.07) is 0. The second kappa shape index (κ2) is 8.15. The predicted molar refractivity (Wildman–Crippen MR) is 80.7 cm³/mol. The number of unbranched alkanes of at least 4 members (excludes halogenated alkanes) is 3. The molecule has 2 N–H and O–H groups in total. The van der Waals surface area contributed by atoms with Crippen LogP contribution in [0.2, 0.25) is 0 Å². The lowest BCUT2D eigenvalue weighted by Gasteiger charge is -2.22. The maximum atomic E-state index is 12.0. The molecule has 4 nitrogen and oxygen atoms in total. The molecule has 0 spiro atoms. The first-order chi connectivity index (χ1) is 9.04. The van der Waals surface area contributed by atoms with Crippen LogP contribution in [0, 0.1) is 0 Å². The average molecular weight is 284 g/mol. The maximum Gasteiger partial charge on any atom is 0.337 e. The third kappa shape index (κ3) is 5.59. The molecule has 108 valence electrons. The van der Waals surface area contributed by atoms with Gasteiger partial charge in [0.2, 0.25) is 0 Å². The normalized spacial score (nSPS) is 16.7. The van der Waals surface area contributed by atoms with Gasteiger partial charge in [-0.25, -0.2) is 4.79 Å². The van der Waals surface area contributed by atoms with Crippen LogP contribution in [-0.2, 0) is 9.53 Å². The highest BCUT2D eigenvalue weighted by atomic mass is 32.1. The van der Waals surface area contributed by atoms with Crippen LogP contribution in [0.1, 0.15) is 52.9 Å². The average Bonchev–Trinajstić information content (AvgIpc) is 2.34. The van der Waals surface area contributed by atoms with E-state index in [1.807, 2.05) is 13.8 Å². The summed E-state index contributed by atoms with van der Waals surface area (Å²) < 4.78 is 5.46. The fourth-order valence-electron chi connectivity index (χ4n) is 1.99. The van der Waals surface area contributed by atoms with E-state index in [0.717, 1.165) is 18.5 Å². The summed E-state index contributed by atoms with van der Waals surface area (Å²) in [7, 11) is 0. The van der Waals surface area contributed by atoms with Crippen LogP contribution in [0.15, 0.2) is 11.3 Å². The Kier molecular flexibility index (Phi) is 6.84. The van der Waals surface area contributed by atoms with Gasteiger partial charge in [0, 0.05) is 5.70 Å². The van der Waals surface area contributed by atoms with E-state index in [9.17, 15) is 4.79 Å². The number of nitrogens with one attached hydrogen (secondary N) is 2. The van der Waals surface area contributed by atoms with Crippen LogP contribution in [-0.4, -0.2) is 23.7 Å². The molecule has 1 unspecified atom stereocenters. The third-order valence-corrected chi connectivity index (χ3v) is 3.44. The summed E-state index contributed by atoms with van der Waals surface area (Å²) in [5, 5.41) is 6.44. The Labute approximate surface area is 121 Å². The molecule has 0 aromatic carbocycles. The Hall–Kier alpha value is -1.10. The highest BCUT2D eigenvalue weighted by Gasteiger charge is 2.21. The van der Waals surface area contributed by atoms with Gasteiger partial charge in [0.05, 0.1) is 18.2 Å². The first-order valence-electron chi connectivity index (χ1n) is 7.00. The molecule has 0 bridgehead atoms. The second-order valence-electron chi connectivity index (χ2n) is 4.98. The lowest BCUT2D eigenvalue weighted by Crippen LogP contribution is -2.43. The van der Waals surface area contributed by atoms with Gasteiger partial charge in [-0.1, -0.05) is 26.2 Å².